The predicted octanol–water partition coefficient (Wildman–Crippen LogP) is 2.12. The van der Waals surface area contributed by atoms with Crippen molar-refractivity contribution >= 4 is 22.9 Å². The SMILES string of the molecule is O=C(/C=C/c1ccc(CN(CCO)CCc2nccc3cc[nH]c23)cc1)NO. The first-order valence-corrected chi connectivity index (χ1v) is 9.15. The number of fused-ring (bicyclic) bond motifs is 1. The Hall–Kier alpha value is -3.00. The fourth-order valence-corrected chi connectivity index (χ4v) is 3.11. The van der Waals surface area contributed by atoms with Gasteiger partial charge in [-0.1, -0.05) is 24.3 Å². The predicted molar refractivity (Wildman–Crippen MR) is 108 cm³/mol. The van der Waals surface area contributed by atoms with Crippen LogP contribution >= 0.6 is 0 Å². The zero-order valence-electron chi connectivity index (χ0n) is 15.5. The molecule has 7 nitrogen and oxygen atoms in total. The van der Waals surface area contributed by atoms with E-state index in [-0.39, 0.29) is 6.61 Å². The zero-order chi connectivity index (χ0) is 19.8. The van der Waals surface area contributed by atoms with Crippen molar-refractivity contribution in [1.29, 1.82) is 0 Å². The first kappa shape index (κ1) is 19.8. The molecular weight excluding hydrogens is 356 g/mol. The lowest BCUT2D eigenvalue weighted by Crippen LogP contribution is -2.29. The zero-order valence-corrected chi connectivity index (χ0v) is 15.5. The lowest BCUT2D eigenvalue weighted by Gasteiger charge is -2.21. The minimum Gasteiger partial charge on any atom is -0.395 e. The van der Waals surface area contributed by atoms with E-state index < -0.39 is 5.91 Å². The first-order chi connectivity index (χ1) is 13.7. The van der Waals surface area contributed by atoms with E-state index in [0.717, 1.165) is 40.7 Å². The van der Waals surface area contributed by atoms with E-state index in [0.29, 0.717) is 13.1 Å². The molecule has 0 spiro atoms. The molecule has 0 aliphatic rings. The van der Waals surface area contributed by atoms with Crippen LogP contribution < -0.4 is 5.48 Å². The third-order valence-corrected chi connectivity index (χ3v) is 4.56. The van der Waals surface area contributed by atoms with E-state index in [2.05, 4.69) is 14.9 Å². The molecule has 0 radical (unpaired) electrons. The van der Waals surface area contributed by atoms with Gasteiger partial charge in [0.25, 0.3) is 5.91 Å². The highest BCUT2D eigenvalue weighted by Gasteiger charge is 2.09. The fraction of sp³-hybridized carbons (Fsp3) is 0.238. The topological polar surface area (TPSA) is 101 Å². The highest BCUT2D eigenvalue weighted by atomic mass is 16.5. The summed E-state index contributed by atoms with van der Waals surface area (Å²) in [6, 6.07) is 11.8. The maximum Gasteiger partial charge on any atom is 0.267 e. The van der Waals surface area contributed by atoms with Crippen LogP contribution in [0.15, 0.2) is 54.9 Å². The summed E-state index contributed by atoms with van der Waals surface area (Å²) in [4.78, 5) is 21.0. The summed E-state index contributed by atoms with van der Waals surface area (Å²) in [6.07, 6.45) is 7.42. The molecule has 2 aromatic heterocycles. The molecule has 0 bridgehead atoms. The molecule has 0 unspecified atom stereocenters. The van der Waals surface area contributed by atoms with Crippen LogP contribution in [-0.2, 0) is 17.8 Å². The molecule has 146 valence electrons. The number of carbonyl (C=O) groups excluding carboxylic acids is 1. The van der Waals surface area contributed by atoms with E-state index >= 15 is 0 Å². The summed E-state index contributed by atoms with van der Waals surface area (Å²) in [5, 5.41) is 19.1. The minimum absolute atomic E-state index is 0.0945. The second-order valence-electron chi connectivity index (χ2n) is 6.50. The van der Waals surface area contributed by atoms with Crippen LogP contribution in [0.1, 0.15) is 16.8 Å². The summed E-state index contributed by atoms with van der Waals surface area (Å²) in [5.41, 5.74) is 5.62. The van der Waals surface area contributed by atoms with Gasteiger partial charge in [0, 0.05) is 49.9 Å². The number of hydrogen-bond acceptors (Lipinski definition) is 5. The Balaban J connectivity index is 1.62. The number of hydroxylamine groups is 1. The Bertz CT molecular complexity index is 934. The Labute approximate surface area is 163 Å². The molecular formula is C21H24N4O3. The highest BCUT2D eigenvalue weighted by molar-refractivity contribution is 5.90. The molecule has 3 rings (SSSR count). The van der Waals surface area contributed by atoms with Crippen LogP contribution in [-0.4, -0.2) is 50.8 Å². The van der Waals surface area contributed by atoms with Gasteiger partial charge < -0.3 is 10.1 Å². The third kappa shape index (κ3) is 5.26. The molecule has 3 aromatic rings. The Morgan fingerprint density at radius 3 is 2.75 bits per heavy atom. The number of aromatic nitrogens is 2. The van der Waals surface area contributed by atoms with Crippen molar-refractivity contribution in [2.24, 2.45) is 0 Å². The average molecular weight is 380 g/mol. The molecule has 0 fully saturated rings. The number of pyridine rings is 1. The van der Waals surface area contributed by atoms with Gasteiger partial charge in [0.2, 0.25) is 0 Å². The number of benzene rings is 1. The van der Waals surface area contributed by atoms with Gasteiger partial charge in [-0.2, -0.15) is 0 Å². The van der Waals surface area contributed by atoms with Crippen molar-refractivity contribution in [2.75, 3.05) is 19.7 Å². The van der Waals surface area contributed by atoms with Gasteiger partial charge in [-0.25, -0.2) is 5.48 Å². The van der Waals surface area contributed by atoms with Crippen molar-refractivity contribution < 1.29 is 15.1 Å². The molecule has 2 heterocycles. The van der Waals surface area contributed by atoms with Crippen molar-refractivity contribution in [1.82, 2.24) is 20.3 Å². The molecule has 0 aliphatic carbocycles. The summed E-state index contributed by atoms with van der Waals surface area (Å²) >= 11 is 0. The largest absolute Gasteiger partial charge is 0.395 e. The average Bonchev–Trinajstić information content (AvgIpc) is 3.21. The molecule has 4 N–H and O–H groups in total. The number of nitrogens with one attached hydrogen (secondary N) is 2. The number of nitrogens with zero attached hydrogens (tertiary/aromatic N) is 2. The van der Waals surface area contributed by atoms with Crippen molar-refractivity contribution in [3.05, 3.63) is 71.7 Å². The highest BCUT2D eigenvalue weighted by Crippen LogP contribution is 2.16. The number of aliphatic hydroxyl groups excluding tert-OH is 1. The Kier molecular flexibility index (Phi) is 6.91. The second-order valence-corrected chi connectivity index (χ2v) is 6.50. The van der Waals surface area contributed by atoms with Crippen molar-refractivity contribution in [2.45, 2.75) is 13.0 Å². The van der Waals surface area contributed by atoms with Gasteiger partial charge in [0.05, 0.1) is 17.8 Å². The lowest BCUT2D eigenvalue weighted by atomic mass is 10.1. The molecule has 7 heteroatoms. The van der Waals surface area contributed by atoms with Crippen LogP contribution in [0, 0.1) is 0 Å². The number of hydrogen-bond donors (Lipinski definition) is 4. The quantitative estimate of drug-likeness (QED) is 0.259. The summed E-state index contributed by atoms with van der Waals surface area (Å²) < 4.78 is 0. The number of H-pyrrole nitrogens is 1. The Morgan fingerprint density at radius 1 is 1.18 bits per heavy atom. The number of aromatic amines is 1. The van der Waals surface area contributed by atoms with Crippen molar-refractivity contribution in [3.8, 4) is 0 Å². The van der Waals surface area contributed by atoms with Gasteiger partial charge in [-0.15, -0.1) is 0 Å². The van der Waals surface area contributed by atoms with Crippen LogP contribution in [0.2, 0.25) is 0 Å². The lowest BCUT2D eigenvalue weighted by molar-refractivity contribution is -0.124. The van der Waals surface area contributed by atoms with E-state index in [1.165, 1.54) is 6.08 Å². The first-order valence-electron chi connectivity index (χ1n) is 9.15. The molecule has 1 aromatic carbocycles. The van der Waals surface area contributed by atoms with E-state index in [9.17, 15) is 9.90 Å². The monoisotopic (exact) mass is 380 g/mol. The Morgan fingerprint density at radius 2 is 2.00 bits per heavy atom. The van der Waals surface area contributed by atoms with Gasteiger partial charge in [-0.05, 0) is 29.3 Å². The molecule has 0 saturated heterocycles. The normalized spacial score (nSPS) is 11.5. The van der Waals surface area contributed by atoms with Gasteiger partial charge in [-0.3, -0.25) is 19.9 Å². The maximum absolute atomic E-state index is 11.0. The van der Waals surface area contributed by atoms with Gasteiger partial charge >= 0.3 is 0 Å². The van der Waals surface area contributed by atoms with Crippen LogP contribution in [0.5, 0.6) is 0 Å². The smallest absolute Gasteiger partial charge is 0.267 e. The summed E-state index contributed by atoms with van der Waals surface area (Å²) in [7, 11) is 0. The number of rotatable bonds is 9. The fourth-order valence-electron chi connectivity index (χ4n) is 3.11. The number of amides is 1. The van der Waals surface area contributed by atoms with E-state index in [1.807, 2.05) is 48.8 Å². The minimum atomic E-state index is -0.566. The van der Waals surface area contributed by atoms with E-state index in [4.69, 9.17) is 5.21 Å². The summed E-state index contributed by atoms with van der Waals surface area (Å²) in [5.74, 6) is -0.566. The van der Waals surface area contributed by atoms with Crippen molar-refractivity contribution in [3.63, 3.8) is 0 Å². The molecule has 0 saturated carbocycles. The molecule has 1 amide bonds. The number of carbonyl (C=O) groups is 1. The molecule has 0 atom stereocenters. The number of aliphatic hydroxyl groups is 1. The van der Waals surface area contributed by atoms with Gasteiger partial charge in [0.1, 0.15) is 0 Å². The van der Waals surface area contributed by atoms with E-state index in [1.54, 1.807) is 11.6 Å². The maximum atomic E-state index is 11.0. The van der Waals surface area contributed by atoms with Crippen LogP contribution in [0.3, 0.4) is 0 Å². The van der Waals surface area contributed by atoms with Gasteiger partial charge in [0.15, 0.2) is 0 Å². The van der Waals surface area contributed by atoms with Crippen LogP contribution in [0.25, 0.3) is 17.0 Å². The molecule has 0 aliphatic heterocycles. The molecule has 28 heavy (non-hydrogen) atoms. The van der Waals surface area contributed by atoms with Crippen LogP contribution in [0.4, 0.5) is 0 Å². The second kappa shape index (κ2) is 9.80. The third-order valence-electron chi connectivity index (χ3n) is 4.56. The standard InChI is InChI=1S/C21H24N4O3/c26-14-13-25(12-9-19-21-18(7-10-22-19)8-11-23-21)15-17-3-1-16(2-4-17)5-6-20(27)24-28/h1-8,10-11,23,26,28H,9,12-15H2,(H,24,27)/b6-5+. The summed E-state index contributed by atoms with van der Waals surface area (Å²) in [6.45, 7) is 2.17.